The summed E-state index contributed by atoms with van der Waals surface area (Å²) in [4.78, 5) is 9.51. The van der Waals surface area contributed by atoms with Gasteiger partial charge in [0.2, 0.25) is 5.13 Å². The smallest absolute Gasteiger partial charge is 0.231 e. The standard InChI is InChI=1S/C20H14FN5S/c21-15-8-6-13(7-9-15)18-19(14-10-11-23-17(22)12-14)27-20(24-18)26-25-16-4-2-1-3-5-16/h1-12H,(H2,22,23). The number of aromatic nitrogens is 2. The molecule has 0 bridgehead atoms. The Bertz CT molecular complexity index is 1090. The van der Waals surface area contributed by atoms with E-state index in [9.17, 15) is 4.39 Å². The summed E-state index contributed by atoms with van der Waals surface area (Å²) >= 11 is 1.39. The van der Waals surface area contributed by atoms with Crippen LogP contribution in [-0.2, 0) is 0 Å². The lowest BCUT2D eigenvalue weighted by atomic mass is 10.1. The molecule has 0 unspecified atom stereocenters. The molecule has 7 heteroatoms. The van der Waals surface area contributed by atoms with Crippen LogP contribution >= 0.6 is 11.3 Å². The summed E-state index contributed by atoms with van der Waals surface area (Å²) in [7, 11) is 0. The number of nitrogens with zero attached hydrogens (tertiary/aromatic N) is 4. The molecule has 5 nitrogen and oxygen atoms in total. The van der Waals surface area contributed by atoms with Gasteiger partial charge in [-0.1, -0.05) is 29.5 Å². The summed E-state index contributed by atoms with van der Waals surface area (Å²) in [5.41, 5.74) is 8.94. The number of halogens is 1. The van der Waals surface area contributed by atoms with Crippen LogP contribution in [-0.4, -0.2) is 9.97 Å². The zero-order chi connectivity index (χ0) is 18.6. The molecule has 0 aliphatic rings. The van der Waals surface area contributed by atoms with Crippen molar-refractivity contribution in [3.8, 4) is 21.7 Å². The van der Waals surface area contributed by atoms with Gasteiger partial charge in [0.15, 0.2) is 0 Å². The van der Waals surface area contributed by atoms with Gasteiger partial charge in [-0.05, 0) is 54.1 Å². The lowest BCUT2D eigenvalue weighted by molar-refractivity contribution is 0.628. The molecule has 0 amide bonds. The maximum atomic E-state index is 13.3. The molecule has 0 atom stereocenters. The maximum absolute atomic E-state index is 13.3. The number of azo groups is 1. The highest BCUT2D eigenvalue weighted by Crippen LogP contribution is 2.40. The number of hydrogen-bond acceptors (Lipinski definition) is 6. The van der Waals surface area contributed by atoms with Crippen LogP contribution in [0.5, 0.6) is 0 Å². The van der Waals surface area contributed by atoms with E-state index in [2.05, 4.69) is 20.2 Å². The normalized spacial score (nSPS) is 11.1. The molecule has 132 valence electrons. The Hall–Kier alpha value is -3.45. The van der Waals surface area contributed by atoms with Gasteiger partial charge in [0.05, 0.1) is 16.3 Å². The molecule has 0 saturated heterocycles. The van der Waals surface area contributed by atoms with Gasteiger partial charge < -0.3 is 5.73 Å². The second-order valence-electron chi connectivity index (χ2n) is 5.69. The first-order valence-corrected chi connectivity index (χ1v) is 8.96. The van der Waals surface area contributed by atoms with E-state index in [0.717, 1.165) is 21.7 Å². The summed E-state index contributed by atoms with van der Waals surface area (Å²) in [6.07, 6.45) is 1.64. The molecular weight excluding hydrogens is 361 g/mol. The largest absolute Gasteiger partial charge is 0.384 e. The average Bonchev–Trinajstić information content (AvgIpc) is 3.12. The van der Waals surface area contributed by atoms with E-state index in [1.165, 1.54) is 23.5 Å². The first kappa shape index (κ1) is 17.0. The lowest BCUT2D eigenvalue weighted by Crippen LogP contribution is -1.89. The number of anilines is 1. The molecule has 27 heavy (non-hydrogen) atoms. The molecule has 2 aromatic heterocycles. The Morgan fingerprint density at radius 2 is 1.67 bits per heavy atom. The molecule has 0 radical (unpaired) electrons. The Morgan fingerprint density at radius 1 is 0.889 bits per heavy atom. The summed E-state index contributed by atoms with van der Waals surface area (Å²) in [5, 5.41) is 8.99. The Morgan fingerprint density at radius 3 is 2.41 bits per heavy atom. The monoisotopic (exact) mass is 375 g/mol. The van der Waals surface area contributed by atoms with E-state index in [1.807, 2.05) is 36.4 Å². The van der Waals surface area contributed by atoms with Crippen molar-refractivity contribution in [2.75, 3.05) is 5.73 Å². The van der Waals surface area contributed by atoms with E-state index >= 15 is 0 Å². The predicted molar refractivity (Wildman–Crippen MR) is 106 cm³/mol. The molecule has 2 aromatic carbocycles. The molecule has 0 saturated carbocycles. The van der Waals surface area contributed by atoms with Gasteiger partial charge in [-0.15, -0.1) is 10.2 Å². The third kappa shape index (κ3) is 3.88. The van der Waals surface area contributed by atoms with Gasteiger partial charge in [-0.3, -0.25) is 0 Å². The summed E-state index contributed by atoms with van der Waals surface area (Å²) < 4.78 is 13.3. The second-order valence-corrected chi connectivity index (χ2v) is 6.66. The number of thiazole rings is 1. The Balaban J connectivity index is 1.79. The van der Waals surface area contributed by atoms with Crippen LogP contribution in [0.15, 0.2) is 83.2 Å². The zero-order valence-corrected chi connectivity index (χ0v) is 14.9. The van der Waals surface area contributed by atoms with Crippen LogP contribution in [0.25, 0.3) is 21.7 Å². The van der Waals surface area contributed by atoms with Gasteiger partial charge in [-0.2, -0.15) is 0 Å². The van der Waals surface area contributed by atoms with Gasteiger partial charge in [-0.25, -0.2) is 14.4 Å². The minimum atomic E-state index is -0.298. The molecule has 2 N–H and O–H groups in total. The fraction of sp³-hybridized carbons (Fsp3) is 0. The van der Waals surface area contributed by atoms with Gasteiger partial charge in [0, 0.05) is 11.8 Å². The highest BCUT2D eigenvalue weighted by atomic mass is 32.1. The number of pyridine rings is 1. The van der Waals surface area contributed by atoms with Crippen molar-refractivity contribution in [2.24, 2.45) is 10.2 Å². The molecule has 0 fully saturated rings. The molecule has 4 aromatic rings. The molecule has 0 aliphatic heterocycles. The van der Waals surface area contributed by atoms with Crippen molar-refractivity contribution in [1.82, 2.24) is 9.97 Å². The number of benzene rings is 2. The van der Waals surface area contributed by atoms with Crippen molar-refractivity contribution in [2.45, 2.75) is 0 Å². The van der Waals surface area contributed by atoms with E-state index in [0.29, 0.717) is 16.6 Å². The molecular formula is C20H14FN5S. The fourth-order valence-corrected chi connectivity index (χ4v) is 3.44. The second kappa shape index (κ2) is 7.43. The van der Waals surface area contributed by atoms with E-state index < -0.39 is 0 Å². The Kier molecular flexibility index (Phi) is 4.67. The van der Waals surface area contributed by atoms with Crippen LogP contribution in [0.3, 0.4) is 0 Å². The highest BCUT2D eigenvalue weighted by molar-refractivity contribution is 7.19. The third-order valence-electron chi connectivity index (χ3n) is 3.78. The minimum absolute atomic E-state index is 0.298. The number of nitrogen functional groups attached to an aromatic ring is 1. The van der Waals surface area contributed by atoms with Gasteiger partial charge >= 0.3 is 0 Å². The van der Waals surface area contributed by atoms with Crippen molar-refractivity contribution < 1.29 is 4.39 Å². The molecule has 0 spiro atoms. The van der Waals surface area contributed by atoms with Gasteiger partial charge in [0.25, 0.3) is 0 Å². The number of hydrogen-bond donors (Lipinski definition) is 1. The molecule has 2 heterocycles. The van der Waals surface area contributed by atoms with E-state index in [4.69, 9.17) is 5.73 Å². The van der Waals surface area contributed by atoms with Crippen molar-refractivity contribution in [3.05, 3.63) is 78.7 Å². The van der Waals surface area contributed by atoms with Crippen molar-refractivity contribution >= 4 is 28.0 Å². The lowest BCUT2D eigenvalue weighted by Gasteiger charge is -2.03. The summed E-state index contributed by atoms with van der Waals surface area (Å²) in [5.74, 6) is 0.117. The Labute approximate surface area is 159 Å². The SMILES string of the molecule is Nc1cc(-c2sc(N=Nc3ccccc3)nc2-c2ccc(F)cc2)ccn1. The van der Waals surface area contributed by atoms with Crippen LogP contribution in [0.4, 0.5) is 21.0 Å². The number of nitrogens with two attached hydrogens (primary N) is 1. The molecule has 4 rings (SSSR count). The number of rotatable bonds is 4. The highest BCUT2D eigenvalue weighted by Gasteiger charge is 2.15. The van der Waals surface area contributed by atoms with Crippen LogP contribution in [0.1, 0.15) is 0 Å². The molecule has 0 aliphatic carbocycles. The van der Waals surface area contributed by atoms with E-state index in [-0.39, 0.29) is 5.82 Å². The van der Waals surface area contributed by atoms with Crippen LogP contribution < -0.4 is 5.73 Å². The van der Waals surface area contributed by atoms with Crippen LogP contribution in [0.2, 0.25) is 0 Å². The van der Waals surface area contributed by atoms with Crippen molar-refractivity contribution in [3.63, 3.8) is 0 Å². The van der Waals surface area contributed by atoms with Crippen molar-refractivity contribution in [1.29, 1.82) is 0 Å². The summed E-state index contributed by atoms with van der Waals surface area (Å²) in [6, 6.07) is 19.3. The van der Waals surface area contributed by atoms with E-state index in [1.54, 1.807) is 24.4 Å². The fourth-order valence-electron chi connectivity index (χ4n) is 2.54. The quantitative estimate of drug-likeness (QED) is 0.444. The predicted octanol–water partition coefficient (Wildman–Crippen LogP) is 6.01. The van der Waals surface area contributed by atoms with Crippen LogP contribution in [0, 0.1) is 5.82 Å². The first-order valence-electron chi connectivity index (χ1n) is 8.14. The third-order valence-corrected chi connectivity index (χ3v) is 4.77. The zero-order valence-electron chi connectivity index (χ0n) is 14.1. The topological polar surface area (TPSA) is 76.5 Å². The average molecular weight is 375 g/mol. The first-order chi connectivity index (χ1) is 13.2. The minimum Gasteiger partial charge on any atom is -0.384 e. The maximum Gasteiger partial charge on any atom is 0.231 e. The van der Waals surface area contributed by atoms with Gasteiger partial charge in [0.1, 0.15) is 11.6 Å². The summed E-state index contributed by atoms with van der Waals surface area (Å²) in [6.45, 7) is 0.